The van der Waals surface area contributed by atoms with Crippen LogP contribution in [0.3, 0.4) is 0 Å². The number of nitrogens with zero attached hydrogens (tertiary/aromatic N) is 1. The second-order valence-electron chi connectivity index (χ2n) is 9.34. The Morgan fingerprint density at radius 3 is 1.78 bits per heavy atom. The van der Waals surface area contributed by atoms with Gasteiger partial charge in [-0.25, -0.2) is 0 Å². The minimum atomic E-state index is 0.187. The standard InChI is InChI=1S/C29H57NO2/c1-5-7-9-11-12-13-14-15-16-17-18-19-20-21-22-23-26-31-28-25-29(30(3)4)32-27-24-10-8-6-2/h12-13,15-16,29H,5-11,14,17-28H2,1-4H3. The molecule has 1 atom stereocenters. The van der Waals surface area contributed by atoms with Crippen molar-refractivity contribution in [2.24, 2.45) is 0 Å². The Kier molecular flexibility index (Phi) is 26.1. The van der Waals surface area contributed by atoms with Crippen molar-refractivity contribution in [1.29, 1.82) is 0 Å². The Morgan fingerprint density at radius 1 is 0.594 bits per heavy atom. The minimum absolute atomic E-state index is 0.187. The third-order valence-corrected chi connectivity index (χ3v) is 5.88. The minimum Gasteiger partial charge on any atom is -0.381 e. The van der Waals surface area contributed by atoms with E-state index in [-0.39, 0.29) is 6.23 Å². The molecule has 32 heavy (non-hydrogen) atoms. The van der Waals surface area contributed by atoms with Crippen LogP contribution in [0, 0.1) is 0 Å². The highest BCUT2D eigenvalue weighted by molar-refractivity contribution is 4.92. The lowest BCUT2D eigenvalue weighted by Gasteiger charge is -2.24. The summed E-state index contributed by atoms with van der Waals surface area (Å²) in [5, 5.41) is 0. The van der Waals surface area contributed by atoms with Crippen molar-refractivity contribution in [2.45, 2.75) is 129 Å². The highest BCUT2D eigenvalue weighted by atomic mass is 16.5. The summed E-state index contributed by atoms with van der Waals surface area (Å²) in [7, 11) is 4.19. The van der Waals surface area contributed by atoms with Crippen LogP contribution in [0.25, 0.3) is 0 Å². The lowest BCUT2D eigenvalue weighted by molar-refractivity contribution is -0.0560. The lowest BCUT2D eigenvalue weighted by Crippen LogP contribution is -2.32. The monoisotopic (exact) mass is 451 g/mol. The van der Waals surface area contributed by atoms with E-state index in [0.29, 0.717) is 0 Å². The maximum atomic E-state index is 6.03. The van der Waals surface area contributed by atoms with Gasteiger partial charge in [0, 0.05) is 19.6 Å². The fourth-order valence-electron chi connectivity index (χ4n) is 3.72. The van der Waals surface area contributed by atoms with Crippen LogP contribution in [-0.2, 0) is 9.47 Å². The molecule has 190 valence electrons. The van der Waals surface area contributed by atoms with Crippen LogP contribution in [-0.4, -0.2) is 45.0 Å². The van der Waals surface area contributed by atoms with E-state index in [0.717, 1.165) is 32.7 Å². The van der Waals surface area contributed by atoms with Crippen LogP contribution in [0.4, 0.5) is 0 Å². The molecule has 0 aromatic heterocycles. The van der Waals surface area contributed by atoms with E-state index < -0.39 is 0 Å². The van der Waals surface area contributed by atoms with Gasteiger partial charge in [0.25, 0.3) is 0 Å². The average Bonchev–Trinajstić information content (AvgIpc) is 2.78. The molecule has 0 bridgehead atoms. The third-order valence-electron chi connectivity index (χ3n) is 5.88. The molecule has 0 spiro atoms. The van der Waals surface area contributed by atoms with Crippen molar-refractivity contribution in [1.82, 2.24) is 4.90 Å². The summed E-state index contributed by atoms with van der Waals surface area (Å²) in [6, 6.07) is 0. The summed E-state index contributed by atoms with van der Waals surface area (Å²) in [5.74, 6) is 0. The Labute approximate surface area is 202 Å². The lowest BCUT2D eigenvalue weighted by atomic mass is 10.1. The molecule has 0 aliphatic heterocycles. The zero-order valence-electron chi connectivity index (χ0n) is 22.3. The van der Waals surface area contributed by atoms with E-state index >= 15 is 0 Å². The van der Waals surface area contributed by atoms with Crippen LogP contribution in [0.5, 0.6) is 0 Å². The van der Waals surface area contributed by atoms with Gasteiger partial charge in [-0.15, -0.1) is 0 Å². The van der Waals surface area contributed by atoms with Gasteiger partial charge >= 0.3 is 0 Å². The van der Waals surface area contributed by atoms with E-state index in [1.54, 1.807) is 0 Å². The largest absolute Gasteiger partial charge is 0.381 e. The van der Waals surface area contributed by atoms with E-state index in [9.17, 15) is 0 Å². The van der Waals surface area contributed by atoms with Crippen molar-refractivity contribution in [3.8, 4) is 0 Å². The van der Waals surface area contributed by atoms with Gasteiger partial charge in [0.2, 0.25) is 0 Å². The Hall–Kier alpha value is -0.640. The molecule has 0 N–H and O–H groups in total. The Morgan fingerprint density at radius 2 is 1.12 bits per heavy atom. The molecule has 0 aliphatic rings. The van der Waals surface area contributed by atoms with E-state index in [4.69, 9.17) is 9.47 Å². The van der Waals surface area contributed by atoms with Gasteiger partial charge in [-0.3, -0.25) is 4.90 Å². The number of hydrogen-bond donors (Lipinski definition) is 0. The van der Waals surface area contributed by atoms with Crippen LogP contribution in [0.2, 0.25) is 0 Å². The van der Waals surface area contributed by atoms with E-state index in [2.05, 4.69) is 57.1 Å². The van der Waals surface area contributed by atoms with E-state index in [1.165, 1.54) is 96.3 Å². The molecule has 0 aliphatic carbocycles. The highest BCUT2D eigenvalue weighted by Gasteiger charge is 2.11. The van der Waals surface area contributed by atoms with E-state index in [1.807, 2.05) is 0 Å². The van der Waals surface area contributed by atoms with Crippen LogP contribution in [0.15, 0.2) is 24.3 Å². The fourth-order valence-corrected chi connectivity index (χ4v) is 3.72. The van der Waals surface area contributed by atoms with Gasteiger partial charge in [-0.1, -0.05) is 95.9 Å². The van der Waals surface area contributed by atoms with Gasteiger partial charge in [-0.05, 0) is 59.0 Å². The molecule has 0 fully saturated rings. The molecule has 0 heterocycles. The molecule has 0 radical (unpaired) electrons. The summed E-state index contributed by atoms with van der Waals surface area (Å²) in [4.78, 5) is 2.17. The van der Waals surface area contributed by atoms with Crippen LogP contribution < -0.4 is 0 Å². The maximum Gasteiger partial charge on any atom is 0.112 e. The highest BCUT2D eigenvalue weighted by Crippen LogP contribution is 2.09. The fraction of sp³-hybridized carbons (Fsp3) is 0.862. The molecule has 0 aromatic rings. The van der Waals surface area contributed by atoms with Crippen molar-refractivity contribution in [3.05, 3.63) is 24.3 Å². The van der Waals surface area contributed by atoms with Gasteiger partial charge in [0.1, 0.15) is 6.23 Å². The second kappa shape index (κ2) is 26.6. The van der Waals surface area contributed by atoms with Crippen LogP contribution in [0.1, 0.15) is 123 Å². The summed E-state index contributed by atoms with van der Waals surface area (Å²) in [6.07, 6.45) is 31.0. The van der Waals surface area contributed by atoms with Gasteiger partial charge in [-0.2, -0.15) is 0 Å². The topological polar surface area (TPSA) is 21.7 Å². The predicted molar refractivity (Wildman–Crippen MR) is 142 cm³/mol. The summed E-state index contributed by atoms with van der Waals surface area (Å²) in [5.41, 5.74) is 0. The first-order chi connectivity index (χ1) is 15.7. The van der Waals surface area contributed by atoms with Gasteiger partial charge < -0.3 is 9.47 Å². The molecule has 3 heteroatoms. The first-order valence-electron chi connectivity index (χ1n) is 13.9. The van der Waals surface area contributed by atoms with Gasteiger partial charge in [0.05, 0.1) is 6.61 Å². The number of rotatable bonds is 25. The maximum absolute atomic E-state index is 6.03. The summed E-state index contributed by atoms with van der Waals surface area (Å²) < 4.78 is 11.9. The molecule has 0 aromatic carbocycles. The van der Waals surface area contributed by atoms with Crippen molar-refractivity contribution < 1.29 is 9.47 Å². The molecular formula is C29H57NO2. The SMILES string of the molecule is CCCCCC=CCC=CCCCCCCCCOCCC(OCCCCCC)N(C)C. The second-order valence-corrected chi connectivity index (χ2v) is 9.34. The summed E-state index contributed by atoms with van der Waals surface area (Å²) >= 11 is 0. The average molecular weight is 452 g/mol. The zero-order chi connectivity index (χ0) is 23.5. The Bertz CT molecular complexity index is 406. The summed E-state index contributed by atoms with van der Waals surface area (Å²) in [6.45, 7) is 7.07. The van der Waals surface area contributed by atoms with Gasteiger partial charge in [0.15, 0.2) is 0 Å². The quantitative estimate of drug-likeness (QED) is 0.0787. The first-order valence-corrected chi connectivity index (χ1v) is 13.9. The number of unbranched alkanes of at least 4 members (excludes halogenated alkanes) is 12. The molecule has 1 unspecified atom stereocenters. The molecule has 3 nitrogen and oxygen atoms in total. The van der Waals surface area contributed by atoms with Crippen molar-refractivity contribution in [3.63, 3.8) is 0 Å². The van der Waals surface area contributed by atoms with Crippen molar-refractivity contribution >= 4 is 0 Å². The van der Waals surface area contributed by atoms with Crippen LogP contribution >= 0.6 is 0 Å². The molecule has 0 rings (SSSR count). The predicted octanol–water partition coefficient (Wildman–Crippen LogP) is 8.69. The smallest absolute Gasteiger partial charge is 0.112 e. The Balaban J connectivity index is 3.39. The zero-order valence-corrected chi connectivity index (χ0v) is 22.3. The molecule has 0 amide bonds. The molecule has 0 saturated heterocycles. The van der Waals surface area contributed by atoms with Crippen molar-refractivity contribution in [2.75, 3.05) is 33.9 Å². The molecular weight excluding hydrogens is 394 g/mol. The number of allylic oxidation sites excluding steroid dienone is 4. The number of ether oxygens (including phenoxy) is 2. The number of hydrogen-bond acceptors (Lipinski definition) is 3. The third kappa shape index (κ3) is 24.0. The first kappa shape index (κ1) is 31.4. The molecule has 0 saturated carbocycles. The normalized spacial score (nSPS) is 13.2.